The Morgan fingerprint density at radius 1 is 1.44 bits per heavy atom. The number of hydrogen-bond acceptors (Lipinski definition) is 6. The van der Waals surface area contributed by atoms with Gasteiger partial charge in [0.1, 0.15) is 11.4 Å². The number of aryl methyl sites for hydroxylation is 1. The van der Waals surface area contributed by atoms with Gasteiger partial charge in [-0.05, 0) is 25.1 Å². The van der Waals surface area contributed by atoms with E-state index < -0.39 is 18.5 Å². The Morgan fingerprint density at radius 2 is 2.28 bits per heavy atom. The number of ether oxygens (including phenoxy) is 1. The lowest BCUT2D eigenvalue weighted by atomic mass is 10.4. The van der Waals surface area contributed by atoms with Gasteiger partial charge < -0.3 is 14.6 Å². The summed E-state index contributed by atoms with van der Waals surface area (Å²) in [5, 5.41) is 6.31. The molecular weight excluding hydrogens is 348 g/mol. The van der Waals surface area contributed by atoms with Gasteiger partial charge in [0, 0.05) is 18.3 Å². The Kier molecular flexibility index (Phi) is 4.80. The van der Waals surface area contributed by atoms with Gasteiger partial charge in [0.25, 0.3) is 5.91 Å². The van der Waals surface area contributed by atoms with Crippen LogP contribution in [0.1, 0.15) is 11.5 Å². The summed E-state index contributed by atoms with van der Waals surface area (Å²) >= 11 is 6.06. The van der Waals surface area contributed by atoms with E-state index in [1.165, 1.54) is 12.2 Å². The zero-order chi connectivity index (χ0) is 17.8. The Labute approximate surface area is 147 Å². The van der Waals surface area contributed by atoms with Crippen molar-refractivity contribution >= 4 is 41.0 Å². The van der Waals surface area contributed by atoms with Gasteiger partial charge in [0.15, 0.2) is 17.6 Å². The third-order valence-electron chi connectivity index (χ3n) is 3.14. The molecule has 0 aliphatic rings. The summed E-state index contributed by atoms with van der Waals surface area (Å²) < 4.78 is 11.4. The van der Waals surface area contributed by atoms with Crippen molar-refractivity contribution in [2.75, 3.05) is 11.9 Å². The number of carbonyl (C=O) groups is 2. The lowest BCUT2D eigenvalue weighted by Crippen LogP contribution is -2.20. The maximum absolute atomic E-state index is 11.8. The third kappa shape index (κ3) is 4.04. The number of rotatable bonds is 5. The molecule has 0 aliphatic carbocycles. The number of carbonyl (C=O) groups excluding carboxylic acids is 2. The van der Waals surface area contributed by atoms with Crippen LogP contribution in [0.3, 0.4) is 0 Å². The zero-order valence-corrected chi connectivity index (χ0v) is 13.9. The average molecular weight is 361 g/mol. The Balaban J connectivity index is 1.57. The summed E-state index contributed by atoms with van der Waals surface area (Å²) in [6.07, 6.45) is 4.42. The van der Waals surface area contributed by atoms with Gasteiger partial charge in [-0.1, -0.05) is 22.8 Å². The first kappa shape index (κ1) is 16.7. The van der Waals surface area contributed by atoms with E-state index in [2.05, 4.69) is 15.5 Å². The second kappa shape index (κ2) is 7.18. The summed E-state index contributed by atoms with van der Waals surface area (Å²) in [6, 6.07) is 6.98. The van der Waals surface area contributed by atoms with Gasteiger partial charge in [0.2, 0.25) is 0 Å². The smallest absolute Gasteiger partial charge is 0.331 e. The number of imidazole rings is 1. The van der Waals surface area contributed by atoms with Crippen LogP contribution >= 0.6 is 11.6 Å². The second-order valence-electron chi connectivity index (χ2n) is 5.03. The van der Waals surface area contributed by atoms with E-state index >= 15 is 0 Å². The van der Waals surface area contributed by atoms with E-state index in [1.54, 1.807) is 29.7 Å². The molecule has 0 fully saturated rings. The number of nitrogens with zero attached hydrogens (tertiary/aromatic N) is 3. The summed E-state index contributed by atoms with van der Waals surface area (Å²) in [7, 11) is 0. The molecular formula is C16H13ClN4O4. The van der Waals surface area contributed by atoms with Crippen LogP contribution in [0.5, 0.6) is 0 Å². The van der Waals surface area contributed by atoms with Crippen molar-refractivity contribution in [1.29, 1.82) is 0 Å². The van der Waals surface area contributed by atoms with Crippen LogP contribution < -0.4 is 5.32 Å². The van der Waals surface area contributed by atoms with Crippen molar-refractivity contribution in [2.24, 2.45) is 0 Å². The first-order valence-electron chi connectivity index (χ1n) is 7.23. The number of pyridine rings is 1. The average Bonchev–Trinajstić information content (AvgIpc) is 3.13. The number of halogens is 1. The molecule has 8 nitrogen and oxygen atoms in total. The third-order valence-corrected chi connectivity index (χ3v) is 3.42. The minimum absolute atomic E-state index is 0.256. The molecule has 0 saturated carbocycles. The fourth-order valence-electron chi connectivity index (χ4n) is 2.07. The summed E-state index contributed by atoms with van der Waals surface area (Å²) in [4.78, 5) is 27.6. The van der Waals surface area contributed by atoms with Crippen LogP contribution in [0.4, 0.5) is 5.82 Å². The minimum Gasteiger partial charge on any atom is -0.452 e. The van der Waals surface area contributed by atoms with Crippen molar-refractivity contribution in [3.63, 3.8) is 0 Å². The molecule has 0 aliphatic heterocycles. The molecule has 0 radical (unpaired) electrons. The highest BCUT2D eigenvalue weighted by Gasteiger charge is 2.10. The molecule has 3 heterocycles. The number of fused-ring (bicyclic) bond motifs is 1. The number of hydrogen-bond donors (Lipinski definition) is 1. The number of amides is 1. The van der Waals surface area contributed by atoms with Gasteiger partial charge >= 0.3 is 5.97 Å². The molecule has 0 unspecified atom stereocenters. The van der Waals surface area contributed by atoms with E-state index in [1.807, 2.05) is 12.1 Å². The number of esters is 1. The lowest BCUT2D eigenvalue weighted by Gasteiger charge is -2.01. The van der Waals surface area contributed by atoms with Gasteiger partial charge in [-0.25, -0.2) is 9.78 Å². The number of nitrogens with one attached hydrogen (secondary N) is 1. The highest BCUT2D eigenvalue weighted by Crippen LogP contribution is 2.18. The summed E-state index contributed by atoms with van der Waals surface area (Å²) in [6.45, 7) is 1.24. The monoisotopic (exact) mass is 360 g/mol. The highest BCUT2D eigenvalue weighted by molar-refractivity contribution is 6.31. The topological polar surface area (TPSA) is 98.7 Å². The fourth-order valence-corrected chi connectivity index (χ4v) is 2.31. The molecule has 0 atom stereocenters. The molecule has 1 amide bonds. The zero-order valence-electron chi connectivity index (χ0n) is 13.1. The highest BCUT2D eigenvalue weighted by atomic mass is 35.5. The van der Waals surface area contributed by atoms with Gasteiger partial charge in [-0.3, -0.25) is 9.20 Å². The van der Waals surface area contributed by atoms with Gasteiger partial charge in [-0.15, -0.1) is 0 Å². The standard InChI is InChI=1S/C16H13ClN4O4/c1-10-8-12(20-25-10)18-14(22)9-24-15(23)6-5-11-16(17)19-13-4-2-3-7-21(11)13/h2-8H,9H2,1H3,(H,18,20,22)/b6-5+. The fraction of sp³-hybridized carbons (Fsp3) is 0.125. The van der Waals surface area contributed by atoms with Gasteiger partial charge in [0.05, 0.1) is 5.69 Å². The van der Waals surface area contributed by atoms with Gasteiger partial charge in [-0.2, -0.15) is 0 Å². The van der Waals surface area contributed by atoms with Crippen LogP contribution in [-0.2, 0) is 14.3 Å². The largest absolute Gasteiger partial charge is 0.452 e. The molecule has 1 N–H and O–H groups in total. The Hall–Kier alpha value is -3.13. The molecule has 0 bridgehead atoms. The first-order valence-corrected chi connectivity index (χ1v) is 7.61. The van der Waals surface area contributed by atoms with E-state index in [0.29, 0.717) is 17.1 Å². The van der Waals surface area contributed by atoms with E-state index in [-0.39, 0.29) is 11.0 Å². The SMILES string of the molecule is Cc1cc(NC(=O)COC(=O)/C=C/c2c(Cl)nc3ccccn23)no1. The lowest BCUT2D eigenvalue weighted by molar-refractivity contribution is -0.142. The summed E-state index contributed by atoms with van der Waals surface area (Å²) in [5.41, 5.74) is 1.19. The quantitative estimate of drug-likeness (QED) is 0.554. The van der Waals surface area contributed by atoms with Crippen LogP contribution in [0.15, 0.2) is 41.1 Å². The van der Waals surface area contributed by atoms with Crippen molar-refractivity contribution in [2.45, 2.75) is 6.92 Å². The molecule has 3 aromatic rings. The van der Waals surface area contributed by atoms with Crippen molar-refractivity contribution in [3.05, 3.63) is 53.1 Å². The van der Waals surface area contributed by atoms with E-state index in [9.17, 15) is 9.59 Å². The normalized spacial score (nSPS) is 11.1. The summed E-state index contributed by atoms with van der Waals surface area (Å²) in [5.74, 6) is -0.400. The first-order chi connectivity index (χ1) is 12.0. The van der Waals surface area contributed by atoms with Crippen LogP contribution in [-0.4, -0.2) is 33.0 Å². The van der Waals surface area contributed by atoms with Crippen molar-refractivity contribution < 1.29 is 18.8 Å². The van der Waals surface area contributed by atoms with Crippen LogP contribution in [0.25, 0.3) is 11.7 Å². The predicted molar refractivity (Wildman–Crippen MR) is 90.1 cm³/mol. The van der Waals surface area contributed by atoms with Crippen LogP contribution in [0, 0.1) is 6.92 Å². The number of anilines is 1. The Morgan fingerprint density at radius 3 is 3.04 bits per heavy atom. The minimum atomic E-state index is -0.687. The molecule has 128 valence electrons. The van der Waals surface area contributed by atoms with Crippen LogP contribution in [0.2, 0.25) is 5.15 Å². The van der Waals surface area contributed by atoms with E-state index in [4.69, 9.17) is 20.9 Å². The van der Waals surface area contributed by atoms with E-state index in [0.717, 1.165) is 0 Å². The molecule has 25 heavy (non-hydrogen) atoms. The molecule has 3 aromatic heterocycles. The molecule has 0 aromatic carbocycles. The molecule has 9 heteroatoms. The predicted octanol–water partition coefficient (Wildman–Crippen LogP) is 2.48. The second-order valence-corrected chi connectivity index (χ2v) is 5.39. The Bertz CT molecular complexity index is 960. The molecule has 3 rings (SSSR count). The maximum atomic E-state index is 11.8. The number of aromatic nitrogens is 3. The molecule has 0 saturated heterocycles. The molecule has 0 spiro atoms. The van der Waals surface area contributed by atoms with Crippen molar-refractivity contribution in [3.8, 4) is 0 Å². The maximum Gasteiger partial charge on any atom is 0.331 e. The van der Waals surface area contributed by atoms with Crippen molar-refractivity contribution in [1.82, 2.24) is 14.5 Å².